The minimum absolute atomic E-state index is 0.291. The second-order valence-corrected chi connectivity index (χ2v) is 7.44. The van der Waals surface area contributed by atoms with Crippen molar-refractivity contribution in [2.75, 3.05) is 6.61 Å². The molecule has 0 saturated carbocycles. The van der Waals surface area contributed by atoms with Crippen LogP contribution < -0.4 is 0 Å². The van der Waals surface area contributed by atoms with Gasteiger partial charge in [0.05, 0.1) is 6.61 Å². The lowest BCUT2D eigenvalue weighted by Gasteiger charge is -2.21. The van der Waals surface area contributed by atoms with Crippen LogP contribution in [0.15, 0.2) is 54.6 Å². The molecule has 28 heavy (non-hydrogen) atoms. The average Bonchev–Trinajstić information content (AvgIpc) is 2.72. The highest BCUT2D eigenvalue weighted by Crippen LogP contribution is 2.33. The fraction of sp³-hybridized carbons (Fsp3) is 0.480. The number of carbonyl (C=O) groups is 1. The van der Waals surface area contributed by atoms with E-state index in [-0.39, 0.29) is 0 Å². The van der Waals surface area contributed by atoms with Crippen molar-refractivity contribution in [2.24, 2.45) is 0 Å². The first-order valence-electron chi connectivity index (χ1n) is 10.7. The SMILES string of the molecule is CCCCCCc1ccccc1C(CCCCCOC(=O)O)c1ccccc1. The first-order chi connectivity index (χ1) is 13.7. The van der Waals surface area contributed by atoms with Gasteiger partial charge in [0.25, 0.3) is 0 Å². The molecule has 0 fully saturated rings. The van der Waals surface area contributed by atoms with Crippen molar-refractivity contribution in [3.63, 3.8) is 0 Å². The summed E-state index contributed by atoms with van der Waals surface area (Å²) in [6, 6.07) is 19.7. The first-order valence-corrected chi connectivity index (χ1v) is 10.7. The summed E-state index contributed by atoms with van der Waals surface area (Å²) in [4.78, 5) is 10.5. The van der Waals surface area contributed by atoms with E-state index < -0.39 is 6.16 Å². The summed E-state index contributed by atoms with van der Waals surface area (Å²) < 4.78 is 4.62. The molecule has 2 rings (SSSR count). The molecule has 0 aliphatic carbocycles. The molecule has 0 aliphatic heterocycles. The fourth-order valence-electron chi connectivity index (χ4n) is 3.82. The van der Waals surface area contributed by atoms with Crippen molar-refractivity contribution in [1.29, 1.82) is 0 Å². The van der Waals surface area contributed by atoms with Crippen LogP contribution in [0.4, 0.5) is 4.79 Å². The summed E-state index contributed by atoms with van der Waals surface area (Å²) in [5.74, 6) is 0.393. The van der Waals surface area contributed by atoms with Gasteiger partial charge in [-0.1, -0.05) is 93.6 Å². The van der Waals surface area contributed by atoms with Gasteiger partial charge in [-0.3, -0.25) is 0 Å². The van der Waals surface area contributed by atoms with Crippen LogP contribution in [0.3, 0.4) is 0 Å². The lowest BCUT2D eigenvalue weighted by molar-refractivity contribution is 0.0899. The third kappa shape index (κ3) is 7.75. The summed E-state index contributed by atoms with van der Waals surface area (Å²) in [5, 5.41) is 8.57. The van der Waals surface area contributed by atoms with Crippen LogP contribution in [0, 0.1) is 0 Å². The monoisotopic (exact) mass is 382 g/mol. The molecule has 0 heterocycles. The molecule has 0 saturated heterocycles. The standard InChI is InChI=1S/C25H34O3/c1-2-3-4-7-14-22-17-11-12-19-24(22)23(21-15-8-5-9-16-21)18-10-6-13-20-28-25(26)27/h5,8-9,11-12,15-17,19,23H,2-4,6-7,10,13-14,18,20H2,1H3,(H,26,27). The van der Waals surface area contributed by atoms with E-state index in [9.17, 15) is 4.79 Å². The minimum Gasteiger partial charge on any atom is -0.450 e. The number of benzene rings is 2. The molecule has 2 aromatic carbocycles. The van der Waals surface area contributed by atoms with Gasteiger partial charge in [-0.25, -0.2) is 4.79 Å². The van der Waals surface area contributed by atoms with E-state index in [1.54, 1.807) is 0 Å². The van der Waals surface area contributed by atoms with Crippen LogP contribution in [0.1, 0.15) is 80.9 Å². The Kier molecular flexibility index (Phi) is 10.2. The molecule has 0 aromatic heterocycles. The number of rotatable bonds is 13. The Hall–Kier alpha value is -2.29. The first kappa shape index (κ1) is 22.0. The van der Waals surface area contributed by atoms with Gasteiger partial charge in [-0.2, -0.15) is 0 Å². The van der Waals surface area contributed by atoms with Gasteiger partial charge in [0, 0.05) is 5.92 Å². The molecule has 0 bridgehead atoms. The molecule has 0 spiro atoms. The Balaban J connectivity index is 2.04. The van der Waals surface area contributed by atoms with Crippen molar-refractivity contribution in [2.45, 2.75) is 70.6 Å². The average molecular weight is 383 g/mol. The topological polar surface area (TPSA) is 46.5 Å². The van der Waals surface area contributed by atoms with Crippen LogP contribution in [0.25, 0.3) is 0 Å². The van der Waals surface area contributed by atoms with E-state index in [2.05, 4.69) is 66.3 Å². The van der Waals surface area contributed by atoms with Crippen LogP contribution in [0.5, 0.6) is 0 Å². The zero-order chi connectivity index (χ0) is 20.0. The number of ether oxygens (including phenoxy) is 1. The van der Waals surface area contributed by atoms with Crippen molar-refractivity contribution in [3.8, 4) is 0 Å². The Morgan fingerprint density at radius 3 is 2.36 bits per heavy atom. The van der Waals surface area contributed by atoms with Crippen molar-refractivity contribution < 1.29 is 14.6 Å². The largest absolute Gasteiger partial charge is 0.505 e. The summed E-state index contributed by atoms with van der Waals surface area (Å²) >= 11 is 0. The van der Waals surface area contributed by atoms with Crippen molar-refractivity contribution >= 4 is 6.16 Å². The third-order valence-electron chi connectivity index (χ3n) is 5.29. The Morgan fingerprint density at radius 2 is 1.61 bits per heavy atom. The molecule has 1 N–H and O–H groups in total. The van der Waals surface area contributed by atoms with Crippen molar-refractivity contribution in [1.82, 2.24) is 0 Å². The van der Waals surface area contributed by atoms with Gasteiger partial charge < -0.3 is 9.84 Å². The number of aryl methyl sites for hydroxylation is 1. The minimum atomic E-state index is -1.18. The van der Waals surface area contributed by atoms with Gasteiger partial charge in [-0.15, -0.1) is 0 Å². The quantitative estimate of drug-likeness (QED) is 0.294. The zero-order valence-corrected chi connectivity index (χ0v) is 17.1. The normalized spacial score (nSPS) is 11.9. The Labute approximate surface area is 169 Å². The van der Waals surface area contributed by atoms with Crippen LogP contribution in [-0.4, -0.2) is 17.9 Å². The summed E-state index contributed by atoms with van der Waals surface area (Å²) in [7, 11) is 0. The van der Waals surface area contributed by atoms with Gasteiger partial charge >= 0.3 is 6.16 Å². The lowest BCUT2D eigenvalue weighted by atomic mass is 9.83. The predicted octanol–water partition coefficient (Wildman–Crippen LogP) is 7.20. The maximum Gasteiger partial charge on any atom is 0.505 e. The van der Waals surface area contributed by atoms with Gasteiger partial charge in [-0.05, 0) is 42.4 Å². The second-order valence-electron chi connectivity index (χ2n) is 7.44. The predicted molar refractivity (Wildman–Crippen MR) is 115 cm³/mol. The number of hydrogen-bond acceptors (Lipinski definition) is 2. The highest BCUT2D eigenvalue weighted by molar-refractivity contribution is 5.56. The smallest absolute Gasteiger partial charge is 0.450 e. The number of carboxylic acid groups (broad SMARTS) is 1. The van der Waals surface area contributed by atoms with Gasteiger partial charge in [0.15, 0.2) is 0 Å². The van der Waals surface area contributed by atoms with E-state index in [1.165, 1.54) is 42.4 Å². The molecule has 1 unspecified atom stereocenters. The van der Waals surface area contributed by atoms with Gasteiger partial charge in [0.2, 0.25) is 0 Å². The maximum atomic E-state index is 10.5. The van der Waals surface area contributed by atoms with E-state index >= 15 is 0 Å². The summed E-state index contributed by atoms with van der Waals surface area (Å²) in [6.45, 7) is 2.54. The molecule has 2 aromatic rings. The molecular formula is C25H34O3. The molecule has 1 atom stereocenters. The molecule has 152 valence electrons. The molecule has 3 nitrogen and oxygen atoms in total. The fourth-order valence-corrected chi connectivity index (χ4v) is 3.82. The van der Waals surface area contributed by atoms with E-state index in [0.29, 0.717) is 12.5 Å². The maximum absolute atomic E-state index is 10.5. The lowest BCUT2D eigenvalue weighted by Crippen LogP contribution is -2.06. The van der Waals surface area contributed by atoms with Gasteiger partial charge in [0.1, 0.15) is 0 Å². The third-order valence-corrected chi connectivity index (χ3v) is 5.29. The molecule has 3 heteroatoms. The Bertz CT molecular complexity index is 681. The number of hydrogen-bond donors (Lipinski definition) is 1. The Morgan fingerprint density at radius 1 is 0.893 bits per heavy atom. The van der Waals surface area contributed by atoms with Crippen LogP contribution in [-0.2, 0) is 11.2 Å². The van der Waals surface area contributed by atoms with E-state index in [4.69, 9.17) is 5.11 Å². The molecular weight excluding hydrogens is 348 g/mol. The van der Waals surface area contributed by atoms with Crippen LogP contribution >= 0.6 is 0 Å². The summed E-state index contributed by atoms with van der Waals surface area (Å²) in [5.41, 5.74) is 4.29. The van der Waals surface area contributed by atoms with Crippen molar-refractivity contribution in [3.05, 3.63) is 71.3 Å². The zero-order valence-electron chi connectivity index (χ0n) is 17.1. The number of unbranched alkanes of at least 4 members (excludes halogenated alkanes) is 5. The van der Waals surface area contributed by atoms with E-state index in [1.807, 2.05) is 0 Å². The summed E-state index contributed by atoms with van der Waals surface area (Å²) in [6.07, 6.45) is 8.98. The van der Waals surface area contributed by atoms with Crippen LogP contribution in [0.2, 0.25) is 0 Å². The second kappa shape index (κ2) is 13.0. The van der Waals surface area contributed by atoms with E-state index in [0.717, 1.165) is 32.1 Å². The molecule has 0 aliphatic rings. The highest BCUT2D eigenvalue weighted by atomic mass is 16.7. The molecule has 0 radical (unpaired) electrons. The molecule has 0 amide bonds. The highest BCUT2D eigenvalue weighted by Gasteiger charge is 2.17.